The minimum Gasteiger partial charge on any atom is -0.388 e. The first-order chi connectivity index (χ1) is 11.2. The Labute approximate surface area is 134 Å². The highest BCUT2D eigenvalue weighted by atomic mass is 19.1. The summed E-state index contributed by atoms with van der Waals surface area (Å²) in [6.07, 6.45) is 6.13. The largest absolute Gasteiger partial charge is 0.438 e. The van der Waals surface area contributed by atoms with E-state index in [4.69, 9.17) is 4.42 Å². The monoisotopic (exact) mass is 319 g/mol. The molecular formula is C17H22FN3O2. The second kappa shape index (κ2) is 7.08. The van der Waals surface area contributed by atoms with Crippen molar-refractivity contribution in [1.29, 1.82) is 0 Å². The van der Waals surface area contributed by atoms with Gasteiger partial charge in [0.15, 0.2) is 0 Å². The second-order valence-electron chi connectivity index (χ2n) is 6.02. The van der Waals surface area contributed by atoms with E-state index in [1.165, 1.54) is 48.9 Å². The first kappa shape index (κ1) is 15.9. The molecule has 1 aromatic heterocycles. The zero-order chi connectivity index (χ0) is 16.2. The van der Waals surface area contributed by atoms with Gasteiger partial charge >= 0.3 is 5.76 Å². The van der Waals surface area contributed by atoms with Gasteiger partial charge in [-0.3, -0.25) is 4.90 Å². The Morgan fingerprint density at radius 1 is 1.26 bits per heavy atom. The van der Waals surface area contributed by atoms with E-state index in [1.807, 2.05) is 0 Å². The molecule has 3 rings (SSSR count). The van der Waals surface area contributed by atoms with Crippen molar-refractivity contribution in [3.8, 4) is 11.5 Å². The normalized spacial score (nSPS) is 16.1. The molecule has 0 atom stereocenters. The van der Waals surface area contributed by atoms with E-state index in [-0.39, 0.29) is 11.7 Å². The fourth-order valence-electron chi connectivity index (χ4n) is 3.20. The maximum Gasteiger partial charge on any atom is 0.438 e. The van der Waals surface area contributed by atoms with Crippen LogP contribution in [0, 0.1) is 5.82 Å². The number of nitrogens with zero attached hydrogens (tertiary/aromatic N) is 3. The molecule has 1 aliphatic rings. The molecule has 0 unspecified atom stereocenters. The van der Waals surface area contributed by atoms with Gasteiger partial charge in [-0.15, -0.1) is 5.10 Å². The Hall–Kier alpha value is -1.95. The highest BCUT2D eigenvalue weighted by Crippen LogP contribution is 2.23. The summed E-state index contributed by atoms with van der Waals surface area (Å²) in [4.78, 5) is 14.3. The molecule has 1 saturated carbocycles. The van der Waals surface area contributed by atoms with E-state index in [1.54, 1.807) is 12.1 Å². The van der Waals surface area contributed by atoms with Crippen LogP contribution < -0.4 is 5.76 Å². The van der Waals surface area contributed by atoms with Crippen LogP contribution in [0.2, 0.25) is 0 Å². The maximum absolute atomic E-state index is 13.0. The van der Waals surface area contributed by atoms with Crippen LogP contribution in [0.4, 0.5) is 4.39 Å². The fraction of sp³-hybridized carbons (Fsp3) is 0.529. The quantitative estimate of drug-likeness (QED) is 0.849. The van der Waals surface area contributed by atoms with Crippen LogP contribution >= 0.6 is 0 Å². The molecule has 0 spiro atoms. The second-order valence-corrected chi connectivity index (χ2v) is 6.02. The lowest BCUT2D eigenvalue weighted by Gasteiger charge is -2.32. The molecule has 1 aromatic carbocycles. The third-order valence-electron chi connectivity index (χ3n) is 4.51. The van der Waals surface area contributed by atoms with Gasteiger partial charge in [0, 0.05) is 11.6 Å². The van der Waals surface area contributed by atoms with E-state index in [0.29, 0.717) is 18.3 Å². The van der Waals surface area contributed by atoms with Gasteiger partial charge in [-0.25, -0.2) is 9.18 Å². The summed E-state index contributed by atoms with van der Waals surface area (Å²) in [5, 5.41) is 4.27. The van der Waals surface area contributed by atoms with E-state index in [0.717, 1.165) is 6.54 Å². The number of hydrogen-bond acceptors (Lipinski definition) is 4. The summed E-state index contributed by atoms with van der Waals surface area (Å²) in [7, 11) is 0. The molecule has 0 amide bonds. The Balaban J connectivity index is 1.77. The van der Waals surface area contributed by atoms with Crippen molar-refractivity contribution in [2.24, 2.45) is 0 Å². The van der Waals surface area contributed by atoms with Crippen LogP contribution in [0.1, 0.15) is 39.0 Å². The number of halogens is 1. The van der Waals surface area contributed by atoms with Gasteiger partial charge in [0.2, 0.25) is 5.89 Å². The number of rotatable bonds is 5. The number of aromatic nitrogens is 2. The predicted molar refractivity (Wildman–Crippen MR) is 85.4 cm³/mol. The van der Waals surface area contributed by atoms with Gasteiger partial charge < -0.3 is 4.42 Å². The molecule has 0 saturated heterocycles. The summed E-state index contributed by atoms with van der Waals surface area (Å²) in [5.41, 5.74) is 0.600. The van der Waals surface area contributed by atoms with Crippen molar-refractivity contribution in [2.75, 3.05) is 6.54 Å². The Kier molecular flexibility index (Phi) is 4.91. The van der Waals surface area contributed by atoms with Crippen molar-refractivity contribution in [2.45, 2.75) is 51.7 Å². The van der Waals surface area contributed by atoms with Gasteiger partial charge in [0.05, 0.1) is 0 Å². The average Bonchev–Trinajstić information content (AvgIpc) is 2.95. The van der Waals surface area contributed by atoms with Gasteiger partial charge in [-0.05, 0) is 43.7 Å². The molecular weight excluding hydrogens is 297 g/mol. The first-order valence-electron chi connectivity index (χ1n) is 8.25. The maximum atomic E-state index is 13.0. The summed E-state index contributed by atoms with van der Waals surface area (Å²) in [6, 6.07) is 6.28. The molecule has 0 aliphatic heterocycles. The van der Waals surface area contributed by atoms with Crippen LogP contribution in [0.15, 0.2) is 33.5 Å². The van der Waals surface area contributed by atoms with E-state index in [9.17, 15) is 9.18 Å². The summed E-state index contributed by atoms with van der Waals surface area (Å²) >= 11 is 0. The van der Waals surface area contributed by atoms with Crippen molar-refractivity contribution < 1.29 is 8.81 Å². The van der Waals surface area contributed by atoms with E-state index < -0.39 is 5.76 Å². The first-order valence-corrected chi connectivity index (χ1v) is 8.25. The van der Waals surface area contributed by atoms with Crippen LogP contribution in [0.5, 0.6) is 0 Å². The highest BCUT2D eigenvalue weighted by Gasteiger charge is 2.21. The summed E-state index contributed by atoms with van der Waals surface area (Å²) < 4.78 is 19.6. The molecule has 1 fully saturated rings. The van der Waals surface area contributed by atoms with Crippen molar-refractivity contribution >= 4 is 0 Å². The topological polar surface area (TPSA) is 51.3 Å². The van der Waals surface area contributed by atoms with Crippen LogP contribution in [0.25, 0.3) is 11.5 Å². The van der Waals surface area contributed by atoms with E-state index in [2.05, 4.69) is 16.9 Å². The lowest BCUT2D eigenvalue weighted by Crippen LogP contribution is -2.40. The molecule has 1 heterocycles. The summed E-state index contributed by atoms with van der Waals surface area (Å²) in [5.74, 6) is -0.571. The average molecular weight is 319 g/mol. The van der Waals surface area contributed by atoms with Crippen LogP contribution in [0.3, 0.4) is 0 Å². The van der Waals surface area contributed by atoms with Crippen molar-refractivity contribution in [3.05, 3.63) is 40.6 Å². The lowest BCUT2D eigenvalue weighted by molar-refractivity contribution is 0.116. The standard InChI is InChI=1S/C17H22FN3O2/c1-2-20(15-6-4-3-5-7-15)12-21-17(22)23-16(19-21)13-8-10-14(18)11-9-13/h8-11,15H,2-7,12H2,1H3. The van der Waals surface area contributed by atoms with Gasteiger partial charge in [0.25, 0.3) is 0 Å². The molecule has 0 bridgehead atoms. The third-order valence-corrected chi connectivity index (χ3v) is 4.51. The molecule has 5 nitrogen and oxygen atoms in total. The Bertz CT molecular complexity index is 687. The van der Waals surface area contributed by atoms with Crippen molar-refractivity contribution in [1.82, 2.24) is 14.7 Å². The Morgan fingerprint density at radius 3 is 2.61 bits per heavy atom. The van der Waals surface area contributed by atoms with E-state index >= 15 is 0 Å². The van der Waals surface area contributed by atoms with Crippen LogP contribution in [-0.2, 0) is 6.67 Å². The molecule has 124 valence electrons. The number of hydrogen-bond donors (Lipinski definition) is 0. The fourth-order valence-corrected chi connectivity index (χ4v) is 3.20. The highest BCUT2D eigenvalue weighted by molar-refractivity contribution is 5.51. The molecule has 6 heteroatoms. The van der Waals surface area contributed by atoms with Gasteiger partial charge in [-0.1, -0.05) is 26.2 Å². The van der Waals surface area contributed by atoms with Gasteiger partial charge in [0.1, 0.15) is 12.5 Å². The molecule has 0 radical (unpaired) electrons. The molecule has 2 aromatic rings. The minimum absolute atomic E-state index is 0.231. The lowest BCUT2D eigenvalue weighted by atomic mass is 9.94. The smallest absolute Gasteiger partial charge is 0.388 e. The predicted octanol–water partition coefficient (Wildman–Crippen LogP) is 3.25. The van der Waals surface area contributed by atoms with Crippen LogP contribution in [-0.4, -0.2) is 27.3 Å². The Morgan fingerprint density at radius 2 is 1.96 bits per heavy atom. The molecule has 1 aliphatic carbocycles. The zero-order valence-electron chi connectivity index (χ0n) is 13.4. The number of benzene rings is 1. The van der Waals surface area contributed by atoms with Crippen molar-refractivity contribution in [3.63, 3.8) is 0 Å². The SMILES string of the molecule is CCN(Cn1nc(-c2ccc(F)cc2)oc1=O)C1CCCCC1. The third kappa shape index (κ3) is 3.69. The minimum atomic E-state index is -0.474. The zero-order valence-corrected chi connectivity index (χ0v) is 13.4. The summed E-state index contributed by atoms with van der Waals surface area (Å²) in [6.45, 7) is 3.40. The molecule has 0 N–H and O–H groups in total. The molecule has 23 heavy (non-hydrogen) atoms. The van der Waals surface area contributed by atoms with Gasteiger partial charge in [-0.2, -0.15) is 4.68 Å².